The number of nitrogens with two attached hydrogens (primary N) is 1. The highest BCUT2D eigenvalue weighted by Crippen LogP contribution is 2.28. The Morgan fingerprint density at radius 1 is 1.14 bits per heavy atom. The number of ketones is 1. The summed E-state index contributed by atoms with van der Waals surface area (Å²) in [7, 11) is 1.55. The van der Waals surface area contributed by atoms with E-state index in [4.69, 9.17) is 15.2 Å². The second kappa shape index (κ2) is 6.63. The Morgan fingerprint density at radius 3 is 2.48 bits per heavy atom. The quantitative estimate of drug-likeness (QED) is 0.660. The van der Waals surface area contributed by atoms with Gasteiger partial charge in [0, 0.05) is 21.3 Å². The van der Waals surface area contributed by atoms with Crippen molar-refractivity contribution >= 4 is 27.4 Å². The summed E-state index contributed by atoms with van der Waals surface area (Å²) in [4.78, 5) is 12.6. The number of carbonyl (C=O) groups is 1. The zero-order chi connectivity index (χ0) is 15.4. The maximum atomic E-state index is 12.6. The Hall–Kier alpha value is -2.01. The maximum Gasteiger partial charge on any atom is 0.196 e. The van der Waals surface area contributed by atoms with E-state index in [0.717, 1.165) is 0 Å². The number of ether oxygens (including phenoxy) is 2. The van der Waals surface area contributed by atoms with Crippen LogP contribution in [-0.4, -0.2) is 19.5 Å². The molecule has 4 nitrogen and oxygen atoms in total. The Morgan fingerprint density at radius 2 is 1.86 bits per heavy atom. The van der Waals surface area contributed by atoms with Crippen molar-refractivity contribution in [3.8, 4) is 11.5 Å². The minimum atomic E-state index is -0.165. The van der Waals surface area contributed by atoms with E-state index in [0.29, 0.717) is 39.4 Å². The molecule has 0 saturated heterocycles. The van der Waals surface area contributed by atoms with Crippen molar-refractivity contribution in [1.82, 2.24) is 0 Å². The third kappa shape index (κ3) is 3.36. The van der Waals surface area contributed by atoms with E-state index in [1.54, 1.807) is 43.5 Å². The standard InChI is InChI=1S/C16H16BrNO3/c1-3-21-11-4-6-12(14(17)9-11)16(19)13-8-10(20-2)5-7-15(13)18/h4-9H,3,18H2,1-2H3. The van der Waals surface area contributed by atoms with Crippen molar-refractivity contribution < 1.29 is 14.3 Å². The molecule has 0 aliphatic carbocycles. The minimum Gasteiger partial charge on any atom is -0.497 e. The minimum absolute atomic E-state index is 0.165. The predicted molar refractivity (Wildman–Crippen MR) is 86.1 cm³/mol. The molecule has 5 heteroatoms. The fourth-order valence-corrected chi connectivity index (χ4v) is 2.48. The van der Waals surface area contributed by atoms with E-state index in [2.05, 4.69) is 15.9 Å². The Labute approximate surface area is 132 Å². The van der Waals surface area contributed by atoms with Crippen LogP contribution in [0.2, 0.25) is 0 Å². The largest absolute Gasteiger partial charge is 0.497 e. The van der Waals surface area contributed by atoms with Crippen molar-refractivity contribution in [1.29, 1.82) is 0 Å². The topological polar surface area (TPSA) is 61.5 Å². The van der Waals surface area contributed by atoms with Crippen LogP contribution in [0.3, 0.4) is 0 Å². The highest BCUT2D eigenvalue weighted by atomic mass is 79.9. The normalized spacial score (nSPS) is 10.2. The molecule has 2 aromatic carbocycles. The first-order chi connectivity index (χ1) is 10.1. The number of nitrogen functional groups attached to an aromatic ring is 1. The number of methoxy groups -OCH3 is 1. The van der Waals surface area contributed by atoms with E-state index >= 15 is 0 Å². The lowest BCUT2D eigenvalue weighted by molar-refractivity contribution is 0.103. The molecule has 0 radical (unpaired) electrons. The summed E-state index contributed by atoms with van der Waals surface area (Å²) in [5.41, 5.74) is 7.25. The molecular weight excluding hydrogens is 334 g/mol. The maximum absolute atomic E-state index is 12.6. The van der Waals surface area contributed by atoms with E-state index in [9.17, 15) is 4.79 Å². The van der Waals surface area contributed by atoms with Crippen LogP contribution in [0.4, 0.5) is 5.69 Å². The SMILES string of the molecule is CCOc1ccc(C(=O)c2cc(OC)ccc2N)c(Br)c1. The molecule has 0 heterocycles. The number of halogens is 1. The Kier molecular flexibility index (Phi) is 4.85. The summed E-state index contributed by atoms with van der Waals surface area (Å²) >= 11 is 3.40. The number of carbonyl (C=O) groups excluding carboxylic acids is 1. The molecule has 0 amide bonds. The van der Waals surface area contributed by atoms with Crippen LogP contribution in [-0.2, 0) is 0 Å². The van der Waals surface area contributed by atoms with E-state index < -0.39 is 0 Å². The molecule has 2 N–H and O–H groups in total. The van der Waals surface area contributed by atoms with Gasteiger partial charge >= 0.3 is 0 Å². The van der Waals surface area contributed by atoms with Gasteiger partial charge < -0.3 is 15.2 Å². The molecule has 0 aliphatic rings. The van der Waals surface area contributed by atoms with E-state index in [1.807, 2.05) is 6.92 Å². The lowest BCUT2D eigenvalue weighted by Crippen LogP contribution is -2.07. The molecule has 2 aromatic rings. The monoisotopic (exact) mass is 349 g/mol. The van der Waals surface area contributed by atoms with Crippen LogP contribution in [0.1, 0.15) is 22.8 Å². The number of hydrogen-bond donors (Lipinski definition) is 1. The van der Waals surface area contributed by atoms with Gasteiger partial charge in [-0.3, -0.25) is 4.79 Å². The summed E-state index contributed by atoms with van der Waals surface area (Å²) < 4.78 is 11.2. The molecule has 0 aromatic heterocycles. The van der Waals surface area contributed by atoms with Crippen molar-refractivity contribution in [2.45, 2.75) is 6.92 Å². The molecule has 0 bridgehead atoms. The summed E-state index contributed by atoms with van der Waals surface area (Å²) in [6.07, 6.45) is 0. The van der Waals surface area contributed by atoms with Gasteiger partial charge in [0.25, 0.3) is 0 Å². The first-order valence-electron chi connectivity index (χ1n) is 6.47. The zero-order valence-electron chi connectivity index (χ0n) is 11.9. The van der Waals surface area contributed by atoms with Crippen molar-refractivity contribution in [3.05, 3.63) is 52.0 Å². The molecule has 0 atom stereocenters. The third-order valence-corrected chi connectivity index (χ3v) is 3.66. The average molecular weight is 350 g/mol. The number of anilines is 1. The third-order valence-electron chi connectivity index (χ3n) is 3.00. The van der Waals surface area contributed by atoms with Gasteiger partial charge in [-0.15, -0.1) is 0 Å². The smallest absolute Gasteiger partial charge is 0.196 e. The van der Waals surface area contributed by atoms with Gasteiger partial charge in [0.1, 0.15) is 11.5 Å². The fourth-order valence-electron chi connectivity index (χ4n) is 1.94. The zero-order valence-corrected chi connectivity index (χ0v) is 13.4. The van der Waals surface area contributed by atoms with Crippen LogP contribution < -0.4 is 15.2 Å². The summed E-state index contributed by atoms with van der Waals surface area (Å²) in [6.45, 7) is 2.48. The van der Waals surface area contributed by atoms with E-state index in [-0.39, 0.29) is 5.78 Å². The average Bonchev–Trinajstić information content (AvgIpc) is 2.47. The van der Waals surface area contributed by atoms with Gasteiger partial charge in [-0.05, 0) is 59.3 Å². The van der Waals surface area contributed by atoms with Crippen LogP contribution in [0.5, 0.6) is 11.5 Å². The molecule has 0 saturated carbocycles. The second-order valence-electron chi connectivity index (χ2n) is 4.36. The fraction of sp³-hybridized carbons (Fsp3) is 0.188. The first-order valence-corrected chi connectivity index (χ1v) is 7.26. The Bertz CT molecular complexity index is 671. The molecule has 0 unspecified atom stereocenters. The van der Waals surface area contributed by atoms with Gasteiger partial charge in [-0.2, -0.15) is 0 Å². The van der Waals surface area contributed by atoms with Crippen molar-refractivity contribution in [3.63, 3.8) is 0 Å². The lowest BCUT2D eigenvalue weighted by Gasteiger charge is -2.10. The first kappa shape index (κ1) is 15.4. The van der Waals surface area contributed by atoms with Crippen LogP contribution in [0.25, 0.3) is 0 Å². The van der Waals surface area contributed by atoms with Gasteiger partial charge in [-0.1, -0.05) is 0 Å². The molecule has 0 fully saturated rings. The van der Waals surface area contributed by atoms with Crippen LogP contribution >= 0.6 is 15.9 Å². The predicted octanol–water partition coefficient (Wildman–Crippen LogP) is 3.67. The second-order valence-corrected chi connectivity index (χ2v) is 5.21. The molecular formula is C16H16BrNO3. The summed E-state index contributed by atoms with van der Waals surface area (Å²) in [5, 5.41) is 0. The molecule has 110 valence electrons. The molecule has 0 aliphatic heterocycles. The molecule has 21 heavy (non-hydrogen) atoms. The van der Waals surface area contributed by atoms with Crippen LogP contribution in [0.15, 0.2) is 40.9 Å². The van der Waals surface area contributed by atoms with Gasteiger partial charge in [0.2, 0.25) is 0 Å². The summed E-state index contributed by atoms with van der Waals surface area (Å²) in [6, 6.07) is 10.3. The van der Waals surface area contributed by atoms with Gasteiger partial charge in [-0.25, -0.2) is 0 Å². The molecule has 0 spiro atoms. The van der Waals surface area contributed by atoms with Crippen molar-refractivity contribution in [2.75, 3.05) is 19.5 Å². The highest BCUT2D eigenvalue weighted by Gasteiger charge is 2.16. The van der Waals surface area contributed by atoms with Gasteiger partial charge in [0.05, 0.1) is 13.7 Å². The van der Waals surface area contributed by atoms with Gasteiger partial charge in [0.15, 0.2) is 5.78 Å². The molecule has 2 rings (SSSR count). The number of benzene rings is 2. The van der Waals surface area contributed by atoms with E-state index in [1.165, 1.54) is 0 Å². The van der Waals surface area contributed by atoms with Crippen molar-refractivity contribution in [2.24, 2.45) is 0 Å². The van der Waals surface area contributed by atoms with Crippen LogP contribution in [0, 0.1) is 0 Å². The Balaban J connectivity index is 2.40. The lowest BCUT2D eigenvalue weighted by atomic mass is 10.0. The number of rotatable bonds is 5. The summed E-state index contributed by atoms with van der Waals surface area (Å²) in [5.74, 6) is 1.13. The highest BCUT2D eigenvalue weighted by molar-refractivity contribution is 9.10. The number of hydrogen-bond acceptors (Lipinski definition) is 4.